The molecule has 0 radical (unpaired) electrons. The zero-order valence-electron chi connectivity index (χ0n) is 22.0. The van der Waals surface area contributed by atoms with Crippen molar-refractivity contribution in [3.8, 4) is 11.5 Å². The Hall–Kier alpha value is -3.18. The fourth-order valence-electron chi connectivity index (χ4n) is 4.89. The third-order valence-electron chi connectivity index (χ3n) is 6.88. The monoisotopic (exact) mass is 568 g/mol. The summed E-state index contributed by atoms with van der Waals surface area (Å²) < 4.78 is 67.9. The first-order chi connectivity index (χ1) is 18.7. The van der Waals surface area contributed by atoms with Gasteiger partial charge in [0.15, 0.2) is 0 Å². The molecule has 0 amide bonds. The predicted molar refractivity (Wildman–Crippen MR) is 152 cm³/mol. The number of hydrogen-bond acceptors (Lipinski definition) is 6. The van der Waals surface area contributed by atoms with Crippen molar-refractivity contribution in [2.75, 3.05) is 39.4 Å². The molecule has 5 rings (SSSR count). The van der Waals surface area contributed by atoms with Gasteiger partial charge in [-0.1, -0.05) is 24.3 Å². The molecule has 0 saturated carbocycles. The summed E-state index contributed by atoms with van der Waals surface area (Å²) in [5.74, 6) is 1.46. The van der Waals surface area contributed by atoms with Gasteiger partial charge in [-0.2, -0.15) is 8.61 Å². The Morgan fingerprint density at radius 3 is 1.36 bits per heavy atom. The number of nitrogens with zero attached hydrogens (tertiary/aromatic N) is 2. The first kappa shape index (κ1) is 27.4. The van der Waals surface area contributed by atoms with E-state index in [1.165, 1.54) is 8.61 Å². The number of rotatable bonds is 8. The molecule has 0 spiro atoms. The van der Waals surface area contributed by atoms with E-state index in [9.17, 15) is 16.8 Å². The van der Waals surface area contributed by atoms with Crippen LogP contribution in [-0.4, -0.2) is 64.8 Å². The second-order valence-electron chi connectivity index (χ2n) is 9.37. The molecule has 4 aromatic rings. The molecule has 39 heavy (non-hydrogen) atoms. The Labute approximate surface area is 229 Å². The van der Waals surface area contributed by atoms with Gasteiger partial charge in [-0.05, 0) is 90.3 Å². The molecule has 4 aromatic carbocycles. The molecule has 0 atom stereocenters. The first-order valence-electron chi connectivity index (χ1n) is 13.1. The van der Waals surface area contributed by atoms with E-state index in [-0.39, 0.29) is 36.0 Å². The van der Waals surface area contributed by atoms with Crippen molar-refractivity contribution in [3.63, 3.8) is 0 Å². The van der Waals surface area contributed by atoms with E-state index in [1.807, 2.05) is 50.2 Å². The molecular formula is C29H32N2O6S2. The minimum absolute atomic E-state index is 0.0776. The Kier molecular flexibility index (Phi) is 7.82. The van der Waals surface area contributed by atoms with Gasteiger partial charge in [-0.25, -0.2) is 16.8 Å². The SMILES string of the molecule is CCOc1ccc2cc(S(=O)(=O)N3CCCN(S(=O)(=O)c4ccc5cc(OCC)ccc5c4)CC3)ccc2c1. The largest absolute Gasteiger partial charge is 0.494 e. The predicted octanol–water partition coefficient (Wildman–Crippen LogP) is 4.88. The van der Waals surface area contributed by atoms with Crippen LogP contribution in [0.1, 0.15) is 20.3 Å². The summed E-state index contributed by atoms with van der Waals surface area (Å²) in [6, 6.07) is 21.2. The number of fused-ring (bicyclic) bond motifs is 2. The normalized spacial score (nSPS) is 15.8. The molecule has 0 bridgehead atoms. The zero-order valence-corrected chi connectivity index (χ0v) is 23.7. The van der Waals surface area contributed by atoms with Crippen LogP contribution in [0.5, 0.6) is 11.5 Å². The lowest BCUT2D eigenvalue weighted by atomic mass is 10.1. The van der Waals surface area contributed by atoms with Crippen LogP contribution in [0.2, 0.25) is 0 Å². The Bertz CT molecular complexity index is 1590. The molecule has 1 aliphatic heterocycles. The van der Waals surface area contributed by atoms with Gasteiger partial charge < -0.3 is 9.47 Å². The maximum Gasteiger partial charge on any atom is 0.243 e. The molecule has 1 aliphatic rings. The lowest BCUT2D eigenvalue weighted by Gasteiger charge is -2.22. The molecule has 1 fully saturated rings. The van der Waals surface area contributed by atoms with Gasteiger partial charge in [0.1, 0.15) is 11.5 Å². The number of benzene rings is 4. The molecule has 1 heterocycles. The highest BCUT2D eigenvalue weighted by Gasteiger charge is 2.32. The van der Waals surface area contributed by atoms with Crippen molar-refractivity contribution in [1.82, 2.24) is 8.61 Å². The zero-order chi connectivity index (χ0) is 27.6. The van der Waals surface area contributed by atoms with Crippen LogP contribution in [0.25, 0.3) is 21.5 Å². The van der Waals surface area contributed by atoms with Crippen LogP contribution in [-0.2, 0) is 20.0 Å². The van der Waals surface area contributed by atoms with Crippen molar-refractivity contribution in [1.29, 1.82) is 0 Å². The van der Waals surface area contributed by atoms with Crippen molar-refractivity contribution < 1.29 is 26.3 Å². The van der Waals surface area contributed by atoms with E-state index in [0.29, 0.717) is 19.6 Å². The highest BCUT2D eigenvalue weighted by molar-refractivity contribution is 7.89. The third-order valence-corrected chi connectivity index (χ3v) is 10.7. The molecule has 1 saturated heterocycles. The average Bonchev–Trinajstić information content (AvgIpc) is 3.20. The van der Waals surface area contributed by atoms with Crippen LogP contribution in [0.4, 0.5) is 0 Å². The Morgan fingerprint density at radius 2 is 0.949 bits per heavy atom. The van der Waals surface area contributed by atoms with E-state index >= 15 is 0 Å². The maximum absolute atomic E-state index is 13.5. The summed E-state index contributed by atoms with van der Waals surface area (Å²) in [6.07, 6.45) is 0.398. The van der Waals surface area contributed by atoms with Crippen LogP contribution >= 0.6 is 0 Å². The second-order valence-corrected chi connectivity index (χ2v) is 13.2. The van der Waals surface area contributed by atoms with Crippen molar-refractivity contribution >= 4 is 41.6 Å². The van der Waals surface area contributed by atoms with Crippen molar-refractivity contribution in [2.45, 2.75) is 30.1 Å². The van der Waals surface area contributed by atoms with Gasteiger partial charge in [0.2, 0.25) is 20.0 Å². The molecule has 0 aromatic heterocycles. The number of sulfonamides is 2. The van der Waals surface area contributed by atoms with Gasteiger partial charge in [0.05, 0.1) is 23.0 Å². The van der Waals surface area contributed by atoms with Gasteiger partial charge in [-0.3, -0.25) is 0 Å². The van der Waals surface area contributed by atoms with Gasteiger partial charge >= 0.3 is 0 Å². The molecule has 10 heteroatoms. The van der Waals surface area contributed by atoms with Gasteiger partial charge in [0, 0.05) is 26.2 Å². The van der Waals surface area contributed by atoms with Crippen molar-refractivity contribution in [2.24, 2.45) is 0 Å². The lowest BCUT2D eigenvalue weighted by molar-refractivity contribution is 0.340. The van der Waals surface area contributed by atoms with Crippen LogP contribution in [0, 0.1) is 0 Å². The van der Waals surface area contributed by atoms with Crippen LogP contribution < -0.4 is 9.47 Å². The van der Waals surface area contributed by atoms with E-state index in [2.05, 4.69) is 0 Å². The quantitative estimate of drug-likeness (QED) is 0.301. The summed E-state index contributed by atoms with van der Waals surface area (Å²) in [6.45, 7) is 5.57. The summed E-state index contributed by atoms with van der Waals surface area (Å²) in [5.41, 5.74) is 0. The molecular weight excluding hydrogens is 536 g/mol. The van der Waals surface area contributed by atoms with Gasteiger partial charge in [0.25, 0.3) is 0 Å². The molecule has 0 N–H and O–H groups in total. The topological polar surface area (TPSA) is 93.2 Å². The van der Waals surface area contributed by atoms with Gasteiger partial charge in [-0.15, -0.1) is 0 Å². The lowest BCUT2D eigenvalue weighted by Crippen LogP contribution is -2.37. The third kappa shape index (κ3) is 5.60. The smallest absolute Gasteiger partial charge is 0.243 e. The minimum atomic E-state index is -3.80. The van der Waals surface area contributed by atoms with E-state index in [0.717, 1.165) is 33.0 Å². The first-order valence-corrected chi connectivity index (χ1v) is 15.9. The number of ether oxygens (including phenoxy) is 2. The highest BCUT2D eigenvalue weighted by atomic mass is 32.2. The summed E-state index contributed by atoms with van der Waals surface area (Å²) in [5, 5.41) is 3.36. The summed E-state index contributed by atoms with van der Waals surface area (Å²) in [7, 11) is -7.60. The van der Waals surface area contributed by atoms with E-state index in [4.69, 9.17) is 9.47 Å². The average molecular weight is 569 g/mol. The fraction of sp³-hybridized carbons (Fsp3) is 0.310. The van der Waals surface area contributed by atoms with Crippen LogP contribution in [0.3, 0.4) is 0 Å². The van der Waals surface area contributed by atoms with Crippen LogP contribution in [0.15, 0.2) is 82.6 Å². The molecule has 8 nitrogen and oxygen atoms in total. The molecule has 0 aliphatic carbocycles. The Morgan fingerprint density at radius 1 is 0.564 bits per heavy atom. The van der Waals surface area contributed by atoms with Crippen molar-refractivity contribution in [3.05, 3.63) is 72.8 Å². The molecule has 206 valence electrons. The summed E-state index contributed by atoms with van der Waals surface area (Å²) >= 11 is 0. The molecule has 0 unspecified atom stereocenters. The van der Waals surface area contributed by atoms with E-state index in [1.54, 1.807) is 36.4 Å². The number of hydrogen-bond donors (Lipinski definition) is 0. The minimum Gasteiger partial charge on any atom is -0.494 e. The maximum atomic E-state index is 13.5. The standard InChI is InChI=1S/C29H32N2O6S2/c1-3-36-26-10-6-24-20-28(12-8-22(24)18-26)38(32,33)30-14-5-15-31(17-16-30)39(34,35)29-13-9-23-19-27(37-4-2)11-7-25(23)21-29/h6-13,18-21H,3-5,14-17H2,1-2H3. The van der Waals surface area contributed by atoms with E-state index < -0.39 is 20.0 Å². The summed E-state index contributed by atoms with van der Waals surface area (Å²) in [4.78, 5) is 0.382. The second kappa shape index (κ2) is 11.1. The Balaban J connectivity index is 1.34. The fourth-order valence-corrected chi connectivity index (χ4v) is 7.90. The highest BCUT2D eigenvalue weighted by Crippen LogP contribution is 2.28.